The first-order chi connectivity index (χ1) is 16.3. The van der Waals surface area contributed by atoms with E-state index in [9.17, 15) is 19.2 Å². The highest BCUT2D eigenvalue weighted by Crippen LogP contribution is 2.53. The fourth-order valence-corrected chi connectivity index (χ4v) is 5.66. The third-order valence-corrected chi connectivity index (χ3v) is 8.02. The van der Waals surface area contributed by atoms with Gasteiger partial charge in [0.15, 0.2) is 6.61 Å². The summed E-state index contributed by atoms with van der Waals surface area (Å²) in [4.78, 5) is 51.8. The summed E-state index contributed by atoms with van der Waals surface area (Å²) < 4.78 is 6.09. The summed E-state index contributed by atoms with van der Waals surface area (Å²) >= 11 is 3.45. The lowest BCUT2D eigenvalue weighted by Gasteiger charge is -2.17. The van der Waals surface area contributed by atoms with Crippen molar-refractivity contribution in [1.29, 1.82) is 0 Å². The molecule has 1 heterocycles. The number of fused-ring (bicyclic) bond motifs is 5. The second-order valence-electron chi connectivity index (χ2n) is 9.03. The van der Waals surface area contributed by atoms with E-state index in [-0.39, 0.29) is 41.0 Å². The van der Waals surface area contributed by atoms with Crippen LogP contribution in [0.25, 0.3) is 0 Å². The van der Waals surface area contributed by atoms with Gasteiger partial charge in [-0.05, 0) is 79.6 Å². The molecule has 174 valence electrons. The molecule has 4 atom stereocenters. The summed E-state index contributed by atoms with van der Waals surface area (Å²) in [6.07, 6.45) is 4.98. The van der Waals surface area contributed by atoms with Crippen LogP contribution in [0.2, 0.25) is 0 Å². The summed E-state index contributed by atoms with van der Waals surface area (Å²) in [6.45, 7) is 3.40. The van der Waals surface area contributed by atoms with Crippen molar-refractivity contribution in [3.8, 4) is 0 Å². The van der Waals surface area contributed by atoms with E-state index in [0.29, 0.717) is 11.4 Å². The number of ether oxygens (including phenoxy) is 1. The van der Waals surface area contributed by atoms with Crippen molar-refractivity contribution >= 4 is 51.0 Å². The fraction of sp³-hybridized carbons (Fsp3) is 0.308. The van der Waals surface area contributed by atoms with Gasteiger partial charge < -0.3 is 10.1 Å². The molecule has 0 spiro atoms. The smallest absolute Gasteiger partial charge is 0.338 e. The Kier molecular flexibility index (Phi) is 5.64. The summed E-state index contributed by atoms with van der Waals surface area (Å²) in [5.41, 5.74) is 3.26. The lowest BCUT2D eigenvalue weighted by molar-refractivity contribution is -0.123. The Hall–Kier alpha value is -3.26. The topological polar surface area (TPSA) is 92.8 Å². The zero-order valence-electron chi connectivity index (χ0n) is 18.7. The van der Waals surface area contributed by atoms with E-state index in [0.717, 1.165) is 22.0 Å². The molecule has 0 radical (unpaired) electrons. The SMILES string of the molecule is Cc1c(Br)ccc(NC(=O)COC(=O)c2ccc(N3C(=O)[C@@H]4[C@@H](C3=O)[C@H]3C=C[C@H]4C3)cc2)c1C. The average Bonchev–Trinajstić information content (AvgIpc) is 3.51. The number of benzene rings is 2. The molecule has 1 aliphatic heterocycles. The van der Waals surface area contributed by atoms with Gasteiger partial charge in [-0.2, -0.15) is 0 Å². The van der Waals surface area contributed by atoms with Gasteiger partial charge in [-0.3, -0.25) is 19.3 Å². The molecule has 1 N–H and O–H groups in total. The van der Waals surface area contributed by atoms with Gasteiger partial charge in [0.25, 0.3) is 5.91 Å². The molecule has 7 nitrogen and oxygen atoms in total. The molecule has 3 amide bonds. The zero-order chi connectivity index (χ0) is 24.1. The normalized spacial score (nSPS) is 24.5. The molecule has 5 rings (SSSR count). The van der Waals surface area contributed by atoms with Crippen molar-refractivity contribution in [2.45, 2.75) is 20.3 Å². The van der Waals surface area contributed by atoms with Gasteiger partial charge in [-0.1, -0.05) is 28.1 Å². The summed E-state index contributed by atoms with van der Waals surface area (Å²) in [7, 11) is 0. The van der Waals surface area contributed by atoms with Gasteiger partial charge >= 0.3 is 5.97 Å². The van der Waals surface area contributed by atoms with Crippen LogP contribution in [0.5, 0.6) is 0 Å². The van der Waals surface area contributed by atoms with Crippen LogP contribution in [0.3, 0.4) is 0 Å². The molecule has 0 unspecified atom stereocenters. The molecular weight excluding hydrogens is 500 g/mol. The molecule has 2 aromatic rings. The Labute approximate surface area is 205 Å². The summed E-state index contributed by atoms with van der Waals surface area (Å²) in [5.74, 6) is -1.72. The fourth-order valence-electron chi connectivity index (χ4n) is 5.23. The molecule has 3 aliphatic rings. The lowest BCUT2D eigenvalue weighted by Crippen LogP contribution is -2.32. The van der Waals surface area contributed by atoms with Crippen molar-refractivity contribution in [3.05, 3.63) is 69.7 Å². The molecule has 1 saturated carbocycles. The van der Waals surface area contributed by atoms with Gasteiger partial charge in [0, 0.05) is 10.2 Å². The van der Waals surface area contributed by atoms with Crippen molar-refractivity contribution in [2.24, 2.45) is 23.7 Å². The van der Waals surface area contributed by atoms with E-state index >= 15 is 0 Å². The first-order valence-corrected chi connectivity index (χ1v) is 11.9. The number of anilines is 2. The number of imide groups is 1. The maximum Gasteiger partial charge on any atom is 0.338 e. The van der Waals surface area contributed by atoms with E-state index in [1.54, 1.807) is 18.2 Å². The molecule has 2 bridgehead atoms. The van der Waals surface area contributed by atoms with E-state index < -0.39 is 18.5 Å². The first kappa shape index (κ1) is 22.5. The van der Waals surface area contributed by atoms with Crippen molar-refractivity contribution in [1.82, 2.24) is 0 Å². The van der Waals surface area contributed by atoms with Crippen molar-refractivity contribution < 1.29 is 23.9 Å². The Morgan fingerprint density at radius 1 is 0.971 bits per heavy atom. The molecule has 8 heteroatoms. The number of carbonyl (C=O) groups is 4. The Balaban J connectivity index is 1.20. The number of halogens is 1. The summed E-state index contributed by atoms with van der Waals surface area (Å²) in [6, 6.07) is 9.75. The predicted octanol–water partition coefficient (Wildman–Crippen LogP) is 4.17. The maximum absolute atomic E-state index is 12.9. The van der Waals surface area contributed by atoms with E-state index in [1.807, 2.05) is 19.9 Å². The standard InChI is InChI=1S/C26H23BrN2O5/c1-13-14(2)20(10-9-19(13)27)28-21(30)12-34-26(33)15-5-7-18(8-6-15)29-24(31)22-16-3-4-17(11-16)23(22)25(29)32/h3-10,16-17,22-23H,11-12H2,1-2H3,(H,28,30)/t16-,17-,22-,23-/m0/s1. The number of esters is 1. The second-order valence-corrected chi connectivity index (χ2v) is 9.88. The zero-order valence-corrected chi connectivity index (χ0v) is 20.3. The minimum absolute atomic E-state index is 0.141. The van der Waals surface area contributed by atoms with Crippen molar-refractivity contribution in [2.75, 3.05) is 16.8 Å². The van der Waals surface area contributed by atoms with Crippen LogP contribution in [0, 0.1) is 37.5 Å². The number of carbonyl (C=O) groups excluding carboxylic acids is 4. The third-order valence-electron chi connectivity index (χ3n) is 7.16. The number of nitrogens with zero attached hydrogens (tertiary/aromatic N) is 1. The molecule has 1 saturated heterocycles. The quantitative estimate of drug-likeness (QED) is 0.361. The highest BCUT2D eigenvalue weighted by atomic mass is 79.9. The first-order valence-electron chi connectivity index (χ1n) is 11.1. The second kappa shape index (κ2) is 8.51. The van der Waals surface area contributed by atoms with Gasteiger partial charge in [0.1, 0.15) is 0 Å². The molecule has 34 heavy (non-hydrogen) atoms. The molecule has 0 aromatic heterocycles. The van der Waals surface area contributed by atoms with E-state index in [1.165, 1.54) is 17.0 Å². The Morgan fingerprint density at radius 2 is 1.59 bits per heavy atom. The van der Waals surface area contributed by atoms with Gasteiger partial charge in [0.2, 0.25) is 11.8 Å². The van der Waals surface area contributed by atoms with Crippen molar-refractivity contribution in [3.63, 3.8) is 0 Å². The van der Waals surface area contributed by atoms with Gasteiger partial charge in [-0.15, -0.1) is 0 Å². The average molecular weight is 523 g/mol. The minimum atomic E-state index is -0.663. The number of hydrogen-bond acceptors (Lipinski definition) is 5. The monoisotopic (exact) mass is 522 g/mol. The number of nitrogens with one attached hydrogen (secondary N) is 1. The van der Waals surface area contributed by atoms with Crippen LogP contribution in [0.1, 0.15) is 27.9 Å². The minimum Gasteiger partial charge on any atom is -0.452 e. The summed E-state index contributed by atoms with van der Waals surface area (Å²) in [5, 5.41) is 2.75. The van der Waals surface area contributed by atoms with Crippen LogP contribution >= 0.6 is 15.9 Å². The predicted molar refractivity (Wildman–Crippen MR) is 129 cm³/mol. The van der Waals surface area contributed by atoms with Crippen LogP contribution in [0.15, 0.2) is 53.0 Å². The van der Waals surface area contributed by atoms with Crippen LogP contribution in [-0.4, -0.2) is 30.3 Å². The number of amides is 3. The molecule has 2 aromatic carbocycles. The van der Waals surface area contributed by atoms with Crippen LogP contribution in [0.4, 0.5) is 11.4 Å². The number of hydrogen-bond donors (Lipinski definition) is 1. The Bertz CT molecular complexity index is 1220. The van der Waals surface area contributed by atoms with Crippen LogP contribution in [-0.2, 0) is 19.1 Å². The van der Waals surface area contributed by atoms with E-state index in [4.69, 9.17) is 4.74 Å². The largest absolute Gasteiger partial charge is 0.452 e. The van der Waals surface area contributed by atoms with E-state index in [2.05, 4.69) is 33.4 Å². The number of allylic oxidation sites excluding steroid dienone is 2. The Morgan fingerprint density at radius 3 is 2.21 bits per heavy atom. The highest BCUT2D eigenvalue weighted by Gasteiger charge is 2.59. The van der Waals surface area contributed by atoms with Crippen LogP contribution < -0.4 is 10.2 Å². The maximum atomic E-state index is 12.9. The van der Waals surface area contributed by atoms with Gasteiger partial charge in [0.05, 0.1) is 23.1 Å². The molecule has 2 fully saturated rings. The number of rotatable bonds is 5. The highest BCUT2D eigenvalue weighted by molar-refractivity contribution is 9.10. The lowest BCUT2D eigenvalue weighted by atomic mass is 9.85. The third kappa shape index (κ3) is 3.66. The van der Waals surface area contributed by atoms with Gasteiger partial charge in [-0.25, -0.2) is 4.79 Å². The molecular formula is C26H23BrN2O5. The molecule has 2 aliphatic carbocycles.